The van der Waals surface area contributed by atoms with Gasteiger partial charge in [0.05, 0.1) is 0 Å². The summed E-state index contributed by atoms with van der Waals surface area (Å²) in [5, 5.41) is 7.60. The number of carboxylic acids is 1. The van der Waals surface area contributed by atoms with Gasteiger partial charge in [0.2, 0.25) is 0 Å². The Morgan fingerprint density at radius 3 is 1.89 bits per heavy atom. The lowest BCUT2D eigenvalue weighted by molar-refractivity contribution is -0.131. The van der Waals surface area contributed by atoms with E-state index in [-0.39, 0.29) is 0 Å². The van der Waals surface area contributed by atoms with E-state index in [0.29, 0.717) is 0 Å². The average molecular weight is 128 g/mol. The molecule has 0 radical (unpaired) electrons. The molecule has 0 fully saturated rings. The van der Waals surface area contributed by atoms with Crippen molar-refractivity contribution in [2.45, 2.75) is 13.3 Å². The van der Waals surface area contributed by atoms with Crippen molar-refractivity contribution < 1.29 is 9.90 Å². The smallest absolute Gasteiger partial charge is 0.327 e. The van der Waals surface area contributed by atoms with Crippen LogP contribution in [0.2, 0.25) is 0 Å². The van der Waals surface area contributed by atoms with Crippen molar-refractivity contribution >= 4 is 5.97 Å². The molecule has 0 saturated carbocycles. The molecule has 0 bridgehead atoms. The highest BCUT2D eigenvalue weighted by Crippen LogP contribution is 1.66. The van der Waals surface area contributed by atoms with Gasteiger partial charge in [0.1, 0.15) is 0 Å². The van der Waals surface area contributed by atoms with Crippen LogP contribution in [0.5, 0.6) is 0 Å². The number of hydrogen-bond acceptors (Lipinski definition) is 1. The Balaban J connectivity index is 0. The molecular weight excluding hydrogens is 116 g/mol. The second kappa shape index (κ2) is 10.0. The first kappa shape index (κ1) is 10.8. The summed E-state index contributed by atoms with van der Waals surface area (Å²) in [4.78, 5) is 9.25. The maximum atomic E-state index is 9.25. The molecule has 0 aromatic carbocycles. The third-order valence-corrected chi connectivity index (χ3v) is 0.463. The highest BCUT2D eigenvalue weighted by Gasteiger charge is 1.73. The third-order valence-electron chi connectivity index (χ3n) is 0.463. The highest BCUT2D eigenvalue weighted by molar-refractivity contribution is 5.78. The number of carbonyl (C=O) groups is 1. The molecule has 2 heteroatoms. The Bertz CT molecular complexity index is 95.1. The van der Waals surface area contributed by atoms with Crippen molar-refractivity contribution in [2.75, 3.05) is 0 Å². The van der Waals surface area contributed by atoms with Crippen LogP contribution < -0.4 is 0 Å². The summed E-state index contributed by atoms with van der Waals surface area (Å²) in [6.45, 7) is 8.50. The first-order valence-electron chi connectivity index (χ1n) is 2.65. The number of aliphatic carboxylic acids is 1. The van der Waals surface area contributed by atoms with Gasteiger partial charge in [-0.15, -0.1) is 6.58 Å². The van der Waals surface area contributed by atoms with Gasteiger partial charge in [-0.05, 0) is 6.42 Å². The van der Waals surface area contributed by atoms with Crippen molar-refractivity contribution in [1.82, 2.24) is 0 Å². The molecule has 0 aliphatic rings. The van der Waals surface area contributed by atoms with Gasteiger partial charge in [0, 0.05) is 6.08 Å². The molecule has 9 heavy (non-hydrogen) atoms. The zero-order chi connectivity index (χ0) is 7.70. The minimum atomic E-state index is -0.981. The number of rotatable bonds is 2. The second-order valence-corrected chi connectivity index (χ2v) is 1.24. The van der Waals surface area contributed by atoms with Crippen LogP contribution in [0.1, 0.15) is 13.3 Å². The van der Waals surface area contributed by atoms with Gasteiger partial charge in [-0.3, -0.25) is 0 Å². The molecule has 0 atom stereocenters. The fraction of sp³-hybridized carbons (Fsp3) is 0.286. The number of hydrogen-bond donors (Lipinski definition) is 1. The molecule has 2 nitrogen and oxygen atoms in total. The van der Waals surface area contributed by atoms with Crippen LogP contribution in [0.3, 0.4) is 0 Å². The maximum Gasteiger partial charge on any atom is 0.327 e. The Hall–Kier alpha value is -1.05. The lowest BCUT2D eigenvalue weighted by atomic mass is 10.5. The normalized spacial score (nSPS) is 6.33. The number of allylic oxidation sites excluding steroid dienone is 1. The van der Waals surface area contributed by atoms with E-state index in [0.717, 1.165) is 12.5 Å². The molecule has 0 rings (SSSR count). The van der Waals surface area contributed by atoms with Crippen molar-refractivity contribution in [3.63, 3.8) is 0 Å². The zero-order valence-electron chi connectivity index (χ0n) is 5.63. The van der Waals surface area contributed by atoms with E-state index >= 15 is 0 Å². The molecule has 0 spiro atoms. The van der Waals surface area contributed by atoms with E-state index in [2.05, 4.69) is 20.1 Å². The zero-order valence-corrected chi connectivity index (χ0v) is 5.63. The molecule has 1 N–H and O–H groups in total. The van der Waals surface area contributed by atoms with E-state index < -0.39 is 5.97 Å². The Labute approximate surface area is 55.5 Å². The largest absolute Gasteiger partial charge is 0.478 e. The van der Waals surface area contributed by atoms with Crippen LogP contribution in [-0.4, -0.2) is 11.1 Å². The van der Waals surface area contributed by atoms with Crippen LogP contribution in [0, 0.1) is 0 Å². The minimum absolute atomic E-state index is 0.833. The van der Waals surface area contributed by atoms with Crippen molar-refractivity contribution in [3.8, 4) is 0 Å². The van der Waals surface area contributed by atoms with E-state index in [9.17, 15) is 4.79 Å². The summed E-state index contributed by atoms with van der Waals surface area (Å²) >= 11 is 0. The van der Waals surface area contributed by atoms with E-state index in [1.54, 1.807) is 0 Å². The van der Waals surface area contributed by atoms with Gasteiger partial charge in [0.15, 0.2) is 0 Å². The van der Waals surface area contributed by atoms with Gasteiger partial charge in [-0.1, -0.05) is 19.6 Å². The Kier molecular flexibility index (Phi) is 12.1. The van der Waals surface area contributed by atoms with Crippen LogP contribution >= 0.6 is 0 Å². The minimum Gasteiger partial charge on any atom is -0.478 e. The molecular formula is C7H12O2. The standard InChI is InChI=1S/C4H8.C3H4O2/c1-3-4-2;1-2-3(4)5/h3H,1,4H2,2H3;2H,1H2,(H,4,5). The van der Waals surface area contributed by atoms with Gasteiger partial charge >= 0.3 is 5.97 Å². The Morgan fingerprint density at radius 1 is 1.67 bits per heavy atom. The van der Waals surface area contributed by atoms with Gasteiger partial charge in [-0.2, -0.15) is 0 Å². The number of carboxylic acid groups (broad SMARTS) is 1. The SMILES string of the molecule is C=CC(=O)O.C=CCC. The molecule has 0 unspecified atom stereocenters. The molecule has 0 aromatic heterocycles. The quantitative estimate of drug-likeness (QED) is 0.455. The summed E-state index contributed by atoms with van der Waals surface area (Å²) in [5.74, 6) is -0.981. The molecule has 0 aliphatic carbocycles. The summed E-state index contributed by atoms with van der Waals surface area (Å²) in [7, 11) is 0. The second-order valence-electron chi connectivity index (χ2n) is 1.24. The third kappa shape index (κ3) is 44.8. The highest BCUT2D eigenvalue weighted by atomic mass is 16.4. The monoisotopic (exact) mass is 128 g/mol. The topological polar surface area (TPSA) is 37.3 Å². The molecule has 0 saturated heterocycles. The molecule has 0 heterocycles. The van der Waals surface area contributed by atoms with E-state index in [1.165, 1.54) is 0 Å². The van der Waals surface area contributed by atoms with Crippen molar-refractivity contribution in [1.29, 1.82) is 0 Å². The van der Waals surface area contributed by atoms with E-state index in [4.69, 9.17) is 5.11 Å². The average Bonchev–Trinajstić information content (AvgIpc) is 1.89. The fourth-order valence-corrected chi connectivity index (χ4v) is 0. The first-order valence-corrected chi connectivity index (χ1v) is 2.65. The summed E-state index contributed by atoms with van der Waals surface area (Å²) < 4.78 is 0. The molecule has 0 aromatic rings. The van der Waals surface area contributed by atoms with Crippen molar-refractivity contribution in [3.05, 3.63) is 25.3 Å². The lowest BCUT2D eigenvalue weighted by Crippen LogP contribution is -1.82. The van der Waals surface area contributed by atoms with Gasteiger partial charge in [0.25, 0.3) is 0 Å². The van der Waals surface area contributed by atoms with Crippen LogP contribution in [-0.2, 0) is 4.79 Å². The molecule has 0 aliphatic heterocycles. The van der Waals surface area contributed by atoms with Gasteiger partial charge in [-0.25, -0.2) is 4.79 Å². The van der Waals surface area contributed by atoms with Crippen LogP contribution in [0.15, 0.2) is 25.3 Å². The Morgan fingerprint density at radius 2 is 1.89 bits per heavy atom. The molecule has 0 amide bonds. The first-order chi connectivity index (χ1) is 4.18. The summed E-state index contributed by atoms with van der Waals surface area (Å²) in [6.07, 6.45) is 3.79. The van der Waals surface area contributed by atoms with Crippen LogP contribution in [0.25, 0.3) is 0 Å². The summed E-state index contributed by atoms with van der Waals surface area (Å²) in [6, 6.07) is 0. The maximum absolute atomic E-state index is 9.25. The lowest BCUT2D eigenvalue weighted by Gasteiger charge is -1.64. The summed E-state index contributed by atoms with van der Waals surface area (Å²) in [5.41, 5.74) is 0. The predicted octanol–water partition coefficient (Wildman–Crippen LogP) is 1.84. The van der Waals surface area contributed by atoms with Crippen molar-refractivity contribution in [2.24, 2.45) is 0 Å². The van der Waals surface area contributed by atoms with Crippen LogP contribution in [0.4, 0.5) is 0 Å². The van der Waals surface area contributed by atoms with Gasteiger partial charge < -0.3 is 5.11 Å². The molecule has 52 valence electrons. The predicted molar refractivity (Wildman–Crippen MR) is 38.3 cm³/mol. The fourth-order valence-electron chi connectivity index (χ4n) is 0. The van der Waals surface area contributed by atoms with E-state index in [1.807, 2.05) is 6.08 Å².